The predicted molar refractivity (Wildman–Crippen MR) is 132 cm³/mol. The summed E-state index contributed by atoms with van der Waals surface area (Å²) in [5, 5.41) is 6.76. The minimum atomic E-state index is -0.110. The largest absolute Gasteiger partial charge is 0.493 e. The molecule has 0 amide bonds. The van der Waals surface area contributed by atoms with Crippen LogP contribution in [0.25, 0.3) is 0 Å². The number of guanidine groups is 1. The van der Waals surface area contributed by atoms with Gasteiger partial charge in [-0.2, -0.15) is 0 Å². The minimum absolute atomic E-state index is 0. The van der Waals surface area contributed by atoms with Crippen molar-refractivity contribution in [1.82, 2.24) is 10.6 Å². The van der Waals surface area contributed by atoms with Gasteiger partial charge in [-0.15, -0.1) is 24.0 Å². The van der Waals surface area contributed by atoms with E-state index in [0.717, 1.165) is 63.0 Å². The van der Waals surface area contributed by atoms with Crippen LogP contribution in [-0.4, -0.2) is 66.2 Å². The van der Waals surface area contributed by atoms with Crippen LogP contribution in [0.2, 0.25) is 0 Å². The van der Waals surface area contributed by atoms with E-state index in [1.165, 1.54) is 5.56 Å². The summed E-state index contributed by atoms with van der Waals surface area (Å²) in [5.74, 6) is 2.26. The standard InChI is InChI=1S/C22H37N3O4.HI/c1-22(2,17-9-10-19(26-4)20(14-17)27-5)16-25-21(23-3)24-11-7-12-28-15-18-8-6-13-29-18;/h9-10,14,18H,6-8,11-13,15-16H2,1-5H3,(H2,23,24,25);1H. The van der Waals surface area contributed by atoms with Crippen molar-refractivity contribution in [2.24, 2.45) is 4.99 Å². The summed E-state index contributed by atoms with van der Waals surface area (Å²) in [4.78, 5) is 4.32. The summed E-state index contributed by atoms with van der Waals surface area (Å²) in [7, 11) is 5.09. The van der Waals surface area contributed by atoms with Gasteiger partial charge in [0.25, 0.3) is 0 Å². The normalized spacial score (nSPS) is 16.7. The number of aliphatic imine (C=N–C) groups is 1. The molecule has 7 nitrogen and oxygen atoms in total. The summed E-state index contributed by atoms with van der Waals surface area (Å²) < 4.78 is 22.0. The maximum absolute atomic E-state index is 5.70. The average Bonchev–Trinajstić information content (AvgIpc) is 3.25. The molecule has 1 aromatic rings. The van der Waals surface area contributed by atoms with Gasteiger partial charge in [-0.05, 0) is 37.0 Å². The van der Waals surface area contributed by atoms with E-state index < -0.39 is 0 Å². The Balaban J connectivity index is 0.00000450. The fourth-order valence-corrected chi connectivity index (χ4v) is 3.26. The summed E-state index contributed by atoms with van der Waals surface area (Å²) >= 11 is 0. The third kappa shape index (κ3) is 8.47. The first-order valence-electron chi connectivity index (χ1n) is 10.4. The zero-order valence-electron chi connectivity index (χ0n) is 19.0. The van der Waals surface area contributed by atoms with Crippen molar-refractivity contribution in [3.05, 3.63) is 23.8 Å². The molecule has 1 heterocycles. The van der Waals surface area contributed by atoms with Crippen molar-refractivity contribution in [2.45, 2.75) is 44.6 Å². The van der Waals surface area contributed by atoms with Crippen molar-refractivity contribution < 1.29 is 18.9 Å². The van der Waals surface area contributed by atoms with Gasteiger partial charge < -0.3 is 29.6 Å². The number of nitrogens with one attached hydrogen (secondary N) is 2. The summed E-state index contributed by atoms with van der Waals surface area (Å²) in [5.41, 5.74) is 1.06. The molecule has 8 heteroatoms. The molecule has 2 rings (SSSR count). The number of rotatable bonds is 11. The summed E-state index contributed by atoms with van der Waals surface area (Å²) in [6.45, 7) is 8.21. The van der Waals surface area contributed by atoms with E-state index in [0.29, 0.717) is 6.61 Å². The third-order valence-electron chi connectivity index (χ3n) is 5.17. The van der Waals surface area contributed by atoms with Crippen LogP contribution in [0.1, 0.15) is 38.7 Å². The van der Waals surface area contributed by atoms with Gasteiger partial charge in [-0.25, -0.2) is 0 Å². The lowest BCUT2D eigenvalue weighted by Crippen LogP contribution is -2.43. The molecule has 1 aliphatic heterocycles. The average molecular weight is 535 g/mol. The summed E-state index contributed by atoms with van der Waals surface area (Å²) in [6, 6.07) is 6.05. The second-order valence-corrected chi connectivity index (χ2v) is 7.87. The van der Waals surface area contributed by atoms with Crippen LogP contribution < -0.4 is 20.1 Å². The summed E-state index contributed by atoms with van der Waals surface area (Å²) in [6.07, 6.45) is 3.48. The second-order valence-electron chi connectivity index (χ2n) is 7.87. The van der Waals surface area contributed by atoms with Crippen LogP contribution in [0.15, 0.2) is 23.2 Å². The highest BCUT2D eigenvalue weighted by Crippen LogP contribution is 2.32. The van der Waals surface area contributed by atoms with Gasteiger partial charge in [0.15, 0.2) is 17.5 Å². The van der Waals surface area contributed by atoms with Crippen LogP contribution >= 0.6 is 24.0 Å². The van der Waals surface area contributed by atoms with Crippen LogP contribution in [0.3, 0.4) is 0 Å². The van der Waals surface area contributed by atoms with E-state index in [-0.39, 0.29) is 35.5 Å². The van der Waals surface area contributed by atoms with E-state index in [1.807, 2.05) is 12.1 Å². The van der Waals surface area contributed by atoms with Crippen molar-refractivity contribution in [3.8, 4) is 11.5 Å². The monoisotopic (exact) mass is 535 g/mol. The molecule has 2 N–H and O–H groups in total. The number of nitrogens with zero attached hydrogens (tertiary/aromatic N) is 1. The van der Waals surface area contributed by atoms with E-state index in [4.69, 9.17) is 18.9 Å². The van der Waals surface area contributed by atoms with Gasteiger partial charge in [0.2, 0.25) is 0 Å². The highest BCUT2D eigenvalue weighted by Gasteiger charge is 2.22. The third-order valence-corrected chi connectivity index (χ3v) is 5.17. The van der Waals surface area contributed by atoms with E-state index in [2.05, 4.69) is 35.5 Å². The van der Waals surface area contributed by atoms with E-state index >= 15 is 0 Å². The van der Waals surface area contributed by atoms with Crippen molar-refractivity contribution in [3.63, 3.8) is 0 Å². The molecular formula is C22H38IN3O4. The second kappa shape index (κ2) is 13.9. The van der Waals surface area contributed by atoms with Crippen molar-refractivity contribution in [1.29, 1.82) is 0 Å². The Morgan fingerprint density at radius 2 is 1.97 bits per heavy atom. The first kappa shape index (κ1) is 26.8. The van der Waals surface area contributed by atoms with Crippen LogP contribution in [0.4, 0.5) is 0 Å². The van der Waals surface area contributed by atoms with Crippen molar-refractivity contribution in [2.75, 3.05) is 54.2 Å². The van der Waals surface area contributed by atoms with Gasteiger partial charge in [-0.3, -0.25) is 4.99 Å². The zero-order valence-corrected chi connectivity index (χ0v) is 21.3. The van der Waals surface area contributed by atoms with E-state index in [1.54, 1.807) is 21.3 Å². The Kier molecular flexibility index (Phi) is 12.4. The predicted octanol–water partition coefficient (Wildman–Crippen LogP) is 3.35. The minimum Gasteiger partial charge on any atom is -0.493 e. The highest BCUT2D eigenvalue weighted by atomic mass is 127. The number of hydrogen-bond donors (Lipinski definition) is 2. The molecule has 0 aromatic heterocycles. The first-order chi connectivity index (χ1) is 14.0. The molecule has 30 heavy (non-hydrogen) atoms. The number of hydrogen-bond acceptors (Lipinski definition) is 5. The Hall–Kier alpha value is -1.26. The van der Waals surface area contributed by atoms with Gasteiger partial charge >= 0.3 is 0 Å². The lowest BCUT2D eigenvalue weighted by atomic mass is 9.84. The molecule has 1 fully saturated rings. The number of ether oxygens (including phenoxy) is 4. The molecule has 1 aliphatic rings. The smallest absolute Gasteiger partial charge is 0.191 e. The van der Waals surface area contributed by atoms with Crippen LogP contribution in [0.5, 0.6) is 11.5 Å². The number of halogens is 1. The first-order valence-corrected chi connectivity index (χ1v) is 10.4. The highest BCUT2D eigenvalue weighted by molar-refractivity contribution is 14.0. The Labute approximate surface area is 198 Å². The fraction of sp³-hybridized carbons (Fsp3) is 0.682. The quantitative estimate of drug-likeness (QED) is 0.196. The van der Waals surface area contributed by atoms with Gasteiger partial charge in [-0.1, -0.05) is 19.9 Å². The van der Waals surface area contributed by atoms with Crippen LogP contribution in [0, 0.1) is 0 Å². The number of methoxy groups -OCH3 is 2. The van der Waals surface area contributed by atoms with Crippen LogP contribution in [-0.2, 0) is 14.9 Å². The zero-order chi connectivity index (χ0) is 21.1. The molecule has 0 radical (unpaired) electrons. The molecule has 0 aliphatic carbocycles. The molecule has 1 saturated heterocycles. The molecule has 0 spiro atoms. The Morgan fingerprint density at radius 1 is 1.20 bits per heavy atom. The molecule has 0 saturated carbocycles. The molecule has 1 unspecified atom stereocenters. The topological polar surface area (TPSA) is 73.3 Å². The molecule has 1 aromatic carbocycles. The van der Waals surface area contributed by atoms with Gasteiger partial charge in [0, 0.05) is 38.8 Å². The Bertz CT molecular complexity index is 649. The maximum atomic E-state index is 5.70. The SMILES string of the molecule is CN=C(NCCCOCC1CCCO1)NCC(C)(C)c1ccc(OC)c(OC)c1.I. The molecule has 1 atom stereocenters. The molecule has 0 bridgehead atoms. The lowest BCUT2D eigenvalue weighted by molar-refractivity contribution is 0.0168. The Morgan fingerprint density at radius 3 is 2.60 bits per heavy atom. The molecular weight excluding hydrogens is 497 g/mol. The molecule has 172 valence electrons. The van der Waals surface area contributed by atoms with Crippen molar-refractivity contribution >= 4 is 29.9 Å². The van der Waals surface area contributed by atoms with Gasteiger partial charge in [0.05, 0.1) is 26.9 Å². The number of benzene rings is 1. The van der Waals surface area contributed by atoms with Gasteiger partial charge in [0.1, 0.15) is 0 Å². The lowest BCUT2D eigenvalue weighted by Gasteiger charge is -2.27. The van der Waals surface area contributed by atoms with E-state index in [9.17, 15) is 0 Å². The fourth-order valence-electron chi connectivity index (χ4n) is 3.26. The maximum Gasteiger partial charge on any atom is 0.191 e.